The minimum absolute atomic E-state index is 0.481. The molecule has 1 N–H and O–H groups in total. The van der Waals surface area contributed by atoms with Crippen LogP contribution < -0.4 is 5.32 Å². The van der Waals surface area contributed by atoms with Crippen LogP contribution in [0, 0.1) is 0 Å². The van der Waals surface area contributed by atoms with E-state index < -0.39 is 0 Å². The Labute approximate surface area is 89.1 Å². The summed E-state index contributed by atoms with van der Waals surface area (Å²) in [6, 6.07) is 0.481. The van der Waals surface area contributed by atoms with Gasteiger partial charge in [0.05, 0.1) is 6.04 Å². The summed E-state index contributed by atoms with van der Waals surface area (Å²) >= 11 is 1.76. The lowest BCUT2D eigenvalue weighted by Gasteiger charge is -2.25. The van der Waals surface area contributed by atoms with Crippen molar-refractivity contribution in [2.75, 3.05) is 26.2 Å². The van der Waals surface area contributed by atoms with Gasteiger partial charge in [0.15, 0.2) is 0 Å². The largest absolute Gasteiger partial charge is 0.315 e. The molecule has 14 heavy (non-hydrogen) atoms. The van der Waals surface area contributed by atoms with E-state index in [0.717, 1.165) is 19.6 Å². The van der Waals surface area contributed by atoms with Crippen molar-refractivity contribution in [1.29, 1.82) is 0 Å². The van der Waals surface area contributed by atoms with Crippen molar-refractivity contribution in [2.45, 2.75) is 19.4 Å². The van der Waals surface area contributed by atoms with Crippen molar-refractivity contribution in [3.8, 4) is 0 Å². The fourth-order valence-corrected chi connectivity index (χ4v) is 2.58. The zero-order chi connectivity index (χ0) is 9.80. The topological polar surface area (TPSA) is 28.2 Å². The van der Waals surface area contributed by atoms with Crippen LogP contribution in [-0.4, -0.2) is 36.1 Å². The molecule has 0 bridgehead atoms. The molecule has 0 saturated carbocycles. The van der Waals surface area contributed by atoms with Crippen molar-refractivity contribution in [3.05, 3.63) is 16.6 Å². The molecular weight excluding hydrogens is 194 g/mol. The normalized spacial score (nSPS) is 21.8. The van der Waals surface area contributed by atoms with E-state index in [9.17, 15) is 0 Å². The predicted molar refractivity (Wildman–Crippen MR) is 59.6 cm³/mol. The average Bonchev–Trinajstić information content (AvgIpc) is 2.59. The van der Waals surface area contributed by atoms with Crippen LogP contribution >= 0.6 is 11.3 Å². The van der Waals surface area contributed by atoms with Crippen LogP contribution in [-0.2, 0) is 0 Å². The zero-order valence-electron chi connectivity index (χ0n) is 8.57. The lowest BCUT2D eigenvalue weighted by atomic mass is 10.2. The van der Waals surface area contributed by atoms with Gasteiger partial charge < -0.3 is 5.32 Å². The average molecular weight is 211 g/mol. The quantitative estimate of drug-likeness (QED) is 0.803. The SMILES string of the molecule is C[C@H](c1nccs1)N1CCCNCC1. The van der Waals surface area contributed by atoms with Gasteiger partial charge in [-0.25, -0.2) is 4.98 Å². The minimum Gasteiger partial charge on any atom is -0.315 e. The van der Waals surface area contributed by atoms with Gasteiger partial charge >= 0.3 is 0 Å². The standard InChI is InChI=1S/C10H17N3S/c1-9(10-12-5-8-14-10)13-6-2-3-11-4-7-13/h5,8-9,11H,2-4,6-7H2,1H3/t9-/m1/s1. The number of nitrogens with zero attached hydrogens (tertiary/aromatic N) is 2. The highest BCUT2D eigenvalue weighted by atomic mass is 32.1. The van der Waals surface area contributed by atoms with Crippen LogP contribution in [0.3, 0.4) is 0 Å². The number of nitrogens with one attached hydrogen (secondary N) is 1. The third-order valence-electron chi connectivity index (χ3n) is 2.73. The lowest BCUT2D eigenvalue weighted by molar-refractivity contribution is 0.225. The molecule has 1 fully saturated rings. The molecule has 0 unspecified atom stereocenters. The first-order valence-electron chi connectivity index (χ1n) is 5.22. The van der Waals surface area contributed by atoms with Crippen LogP contribution in [0.1, 0.15) is 24.4 Å². The number of hydrogen-bond acceptors (Lipinski definition) is 4. The third-order valence-corrected chi connectivity index (χ3v) is 3.68. The smallest absolute Gasteiger partial charge is 0.109 e. The van der Waals surface area contributed by atoms with Crippen molar-refractivity contribution in [2.24, 2.45) is 0 Å². The van der Waals surface area contributed by atoms with Crippen molar-refractivity contribution >= 4 is 11.3 Å². The number of aromatic nitrogens is 1. The summed E-state index contributed by atoms with van der Waals surface area (Å²) in [6.45, 7) is 6.84. The summed E-state index contributed by atoms with van der Waals surface area (Å²) in [4.78, 5) is 6.89. The van der Waals surface area contributed by atoms with Gasteiger partial charge in [-0.05, 0) is 19.9 Å². The van der Waals surface area contributed by atoms with Crippen LogP contribution in [0.2, 0.25) is 0 Å². The molecule has 1 saturated heterocycles. The Balaban J connectivity index is 1.99. The zero-order valence-corrected chi connectivity index (χ0v) is 9.39. The molecule has 1 aromatic heterocycles. The first-order valence-corrected chi connectivity index (χ1v) is 6.10. The molecule has 1 aromatic rings. The molecule has 4 heteroatoms. The number of rotatable bonds is 2. The highest BCUT2D eigenvalue weighted by Crippen LogP contribution is 2.22. The van der Waals surface area contributed by atoms with Crippen LogP contribution in [0.25, 0.3) is 0 Å². The van der Waals surface area contributed by atoms with E-state index in [0.29, 0.717) is 6.04 Å². The minimum atomic E-state index is 0.481. The molecule has 1 aliphatic heterocycles. The first kappa shape index (κ1) is 10.1. The summed E-state index contributed by atoms with van der Waals surface area (Å²) in [5.41, 5.74) is 0. The Bertz CT molecular complexity index is 252. The Morgan fingerprint density at radius 2 is 2.43 bits per heavy atom. The second kappa shape index (κ2) is 4.87. The maximum absolute atomic E-state index is 4.38. The van der Waals surface area contributed by atoms with Gasteiger partial charge in [-0.15, -0.1) is 11.3 Å². The molecule has 1 atom stereocenters. The molecule has 78 valence electrons. The predicted octanol–water partition coefficient (Wildman–Crippen LogP) is 1.50. The third kappa shape index (κ3) is 2.32. The van der Waals surface area contributed by atoms with E-state index in [-0.39, 0.29) is 0 Å². The molecule has 0 aromatic carbocycles. The van der Waals surface area contributed by atoms with Crippen LogP contribution in [0.5, 0.6) is 0 Å². The van der Waals surface area contributed by atoms with Crippen molar-refractivity contribution in [3.63, 3.8) is 0 Å². The Morgan fingerprint density at radius 1 is 1.50 bits per heavy atom. The van der Waals surface area contributed by atoms with E-state index in [1.54, 1.807) is 11.3 Å². The second-order valence-electron chi connectivity index (χ2n) is 3.69. The fraction of sp³-hybridized carbons (Fsp3) is 0.700. The molecule has 0 radical (unpaired) electrons. The molecule has 2 rings (SSSR count). The monoisotopic (exact) mass is 211 g/mol. The summed E-state index contributed by atoms with van der Waals surface area (Å²) in [6.07, 6.45) is 3.14. The summed E-state index contributed by atoms with van der Waals surface area (Å²) < 4.78 is 0. The number of hydrogen-bond donors (Lipinski definition) is 1. The summed E-state index contributed by atoms with van der Waals surface area (Å²) in [5.74, 6) is 0. The Kier molecular flexibility index (Phi) is 3.50. The summed E-state index contributed by atoms with van der Waals surface area (Å²) in [7, 11) is 0. The van der Waals surface area contributed by atoms with Crippen LogP contribution in [0.15, 0.2) is 11.6 Å². The maximum atomic E-state index is 4.38. The van der Waals surface area contributed by atoms with Crippen molar-refractivity contribution in [1.82, 2.24) is 15.2 Å². The molecule has 3 nitrogen and oxygen atoms in total. The molecule has 2 heterocycles. The van der Waals surface area contributed by atoms with Crippen LogP contribution in [0.4, 0.5) is 0 Å². The van der Waals surface area contributed by atoms with Crippen molar-refractivity contribution < 1.29 is 0 Å². The van der Waals surface area contributed by atoms with E-state index in [1.165, 1.54) is 18.0 Å². The van der Waals surface area contributed by atoms with E-state index in [2.05, 4.69) is 27.5 Å². The van der Waals surface area contributed by atoms with E-state index in [1.807, 2.05) is 6.20 Å². The molecule has 0 spiro atoms. The highest BCUT2D eigenvalue weighted by molar-refractivity contribution is 7.09. The van der Waals surface area contributed by atoms with Gasteiger partial charge in [0, 0.05) is 31.2 Å². The molecule has 0 amide bonds. The van der Waals surface area contributed by atoms with E-state index >= 15 is 0 Å². The molecule has 0 aliphatic carbocycles. The fourth-order valence-electron chi connectivity index (χ4n) is 1.85. The summed E-state index contributed by atoms with van der Waals surface area (Å²) in [5, 5.41) is 6.72. The Morgan fingerprint density at radius 3 is 3.21 bits per heavy atom. The van der Waals surface area contributed by atoms with Gasteiger partial charge in [-0.3, -0.25) is 4.90 Å². The lowest BCUT2D eigenvalue weighted by Crippen LogP contribution is -2.30. The first-order chi connectivity index (χ1) is 6.88. The molecule has 1 aliphatic rings. The van der Waals surface area contributed by atoms with Gasteiger partial charge in [0.25, 0.3) is 0 Å². The molecular formula is C10H17N3S. The van der Waals surface area contributed by atoms with Gasteiger partial charge in [0.1, 0.15) is 5.01 Å². The maximum Gasteiger partial charge on any atom is 0.109 e. The van der Waals surface area contributed by atoms with Gasteiger partial charge in [-0.1, -0.05) is 0 Å². The van der Waals surface area contributed by atoms with Gasteiger partial charge in [0.2, 0.25) is 0 Å². The number of thiazole rings is 1. The van der Waals surface area contributed by atoms with E-state index in [4.69, 9.17) is 0 Å². The second-order valence-corrected chi connectivity index (χ2v) is 4.61. The Hall–Kier alpha value is -0.450. The van der Waals surface area contributed by atoms with Gasteiger partial charge in [-0.2, -0.15) is 0 Å². The highest BCUT2D eigenvalue weighted by Gasteiger charge is 2.18.